The van der Waals surface area contributed by atoms with Crippen molar-refractivity contribution in [3.63, 3.8) is 0 Å². The molecule has 1 unspecified atom stereocenters. The third-order valence-electron chi connectivity index (χ3n) is 4.10. The molecule has 22 heavy (non-hydrogen) atoms. The number of hydrogen-bond acceptors (Lipinski definition) is 4. The fraction of sp³-hybridized carbons (Fsp3) is 0.438. The van der Waals surface area contributed by atoms with Crippen LogP contribution in [0.25, 0.3) is 0 Å². The maximum absolute atomic E-state index is 13.9. The van der Waals surface area contributed by atoms with Gasteiger partial charge in [-0.05, 0) is 37.4 Å². The molecule has 1 fully saturated rings. The molecular weight excluding hydrogens is 306 g/mol. The zero-order chi connectivity index (χ0) is 15.5. The number of aromatic nitrogens is 1. The first-order valence-corrected chi connectivity index (χ1v) is 8.28. The second-order valence-corrected chi connectivity index (χ2v) is 6.71. The Bertz CT molecular complexity index is 633. The average Bonchev–Trinajstić information content (AvgIpc) is 3.01. The van der Waals surface area contributed by atoms with E-state index in [4.69, 9.17) is 0 Å². The van der Waals surface area contributed by atoms with Gasteiger partial charge >= 0.3 is 0 Å². The number of thiazole rings is 1. The van der Waals surface area contributed by atoms with Crippen molar-refractivity contribution in [2.24, 2.45) is 5.92 Å². The first-order chi connectivity index (χ1) is 10.6. The number of hydrogen-bond donors (Lipinski definition) is 1. The fourth-order valence-corrected chi connectivity index (χ4v) is 3.75. The molecule has 118 valence electrons. The van der Waals surface area contributed by atoms with Gasteiger partial charge in [-0.1, -0.05) is 0 Å². The Morgan fingerprint density at radius 3 is 3.00 bits per heavy atom. The molecule has 1 aromatic carbocycles. The lowest BCUT2D eigenvalue weighted by atomic mass is 9.94. The van der Waals surface area contributed by atoms with Crippen molar-refractivity contribution in [2.75, 3.05) is 13.1 Å². The highest BCUT2D eigenvalue weighted by atomic mass is 32.1. The van der Waals surface area contributed by atoms with Crippen LogP contribution in [0.5, 0.6) is 5.75 Å². The summed E-state index contributed by atoms with van der Waals surface area (Å²) in [5.74, 6) is -1.48. The van der Waals surface area contributed by atoms with E-state index in [-0.39, 0.29) is 12.1 Å². The van der Waals surface area contributed by atoms with Gasteiger partial charge in [0.2, 0.25) is 0 Å². The van der Waals surface area contributed by atoms with E-state index in [1.165, 1.54) is 0 Å². The number of rotatable bonds is 4. The number of phenols is 1. The van der Waals surface area contributed by atoms with Crippen molar-refractivity contribution in [1.29, 1.82) is 0 Å². The van der Waals surface area contributed by atoms with Gasteiger partial charge in [0.25, 0.3) is 0 Å². The maximum Gasteiger partial charge on any atom is 0.172 e. The van der Waals surface area contributed by atoms with Crippen molar-refractivity contribution in [1.82, 2.24) is 9.88 Å². The average molecular weight is 324 g/mol. The first-order valence-electron chi connectivity index (χ1n) is 7.40. The standard InChI is InChI=1S/C16H18F2N2OS/c17-13-3-4-14(21)16(18)12(13)10-20-6-1-2-11(9-20)8-15-19-5-7-22-15/h3-5,7,11,21H,1-2,6,8-10H2. The molecule has 0 spiro atoms. The Labute approximate surface area is 132 Å². The lowest BCUT2D eigenvalue weighted by Gasteiger charge is -2.32. The predicted molar refractivity (Wildman–Crippen MR) is 81.8 cm³/mol. The van der Waals surface area contributed by atoms with Crippen LogP contribution in [0.15, 0.2) is 23.7 Å². The van der Waals surface area contributed by atoms with Gasteiger partial charge < -0.3 is 5.11 Å². The molecule has 1 aromatic heterocycles. The summed E-state index contributed by atoms with van der Waals surface area (Å²) in [4.78, 5) is 6.36. The van der Waals surface area contributed by atoms with E-state index in [1.54, 1.807) is 17.5 Å². The van der Waals surface area contributed by atoms with Crippen LogP contribution in [-0.2, 0) is 13.0 Å². The summed E-state index contributed by atoms with van der Waals surface area (Å²) >= 11 is 1.65. The molecule has 1 saturated heterocycles. The van der Waals surface area contributed by atoms with Crippen LogP contribution in [0, 0.1) is 17.6 Å². The van der Waals surface area contributed by atoms with E-state index >= 15 is 0 Å². The summed E-state index contributed by atoms with van der Waals surface area (Å²) in [7, 11) is 0. The summed E-state index contributed by atoms with van der Waals surface area (Å²) in [6.45, 7) is 1.82. The molecule has 1 aliphatic rings. The number of phenolic OH excluding ortho intramolecular Hbond substituents is 1. The maximum atomic E-state index is 13.9. The van der Waals surface area contributed by atoms with Gasteiger partial charge in [-0.3, -0.25) is 4.90 Å². The number of likely N-dealkylation sites (tertiary alicyclic amines) is 1. The first kappa shape index (κ1) is 15.4. The van der Waals surface area contributed by atoms with Crippen LogP contribution < -0.4 is 0 Å². The van der Waals surface area contributed by atoms with Gasteiger partial charge in [0.15, 0.2) is 11.6 Å². The molecule has 0 bridgehead atoms. The molecule has 3 nitrogen and oxygen atoms in total. The summed E-state index contributed by atoms with van der Waals surface area (Å²) in [5.41, 5.74) is -0.0464. The minimum Gasteiger partial charge on any atom is -0.505 e. The van der Waals surface area contributed by atoms with Crippen molar-refractivity contribution in [3.05, 3.63) is 45.9 Å². The molecule has 0 saturated carbocycles. The van der Waals surface area contributed by atoms with Crippen molar-refractivity contribution < 1.29 is 13.9 Å². The number of piperidine rings is 1. The number of nitrogens with zero attached hydrogens (tertiary/aromatic N) is 2. The normalized spacial score (nSPS) is 19.5. The highest BCUT2D eigenvalue weighted by Gasteiger charge is 2.23. The van der Waals surface area contributed by atoms with Gasteiger partial charge in [-0.15, -0.1) is 11.3 Å². The largest absolute Gasteiger partial charge is 0.505 e. The summed E-state index contributed by atoms with van der Waals surface area (Å²) < 4.78 is 27.7. The van der Waals surface area contributed by atoms with Crippen LogP contribution >= 0.6 is 11.3 Å². The van der Waals surface area contributed by atoms with Crippen LogP contribution in [0.1, 0.15) is 23.4 Å². The van der Waals surface area contributed by atoms with Gasteiger partial charge in [0.1, 0.15) is 5.82 Å². The number of aromatic hydroxyl groups is 1. The fourth-order valence-electron chi connectivity index (χ4n) is 3.02. The molecule has 0 aliphatic carbocycles. The second kappa shape index (κ2) is 6.71. The molecule has 6 heteroatoms. The molecule has 0 radical (unpaired) electrons. The van der Waals surface area contributed by atoms with Crippen LogP contribution in [0.2, 0.25) is 0 Å². The lowest BCUT2D eigenvalue weighted by molar-refractivity contribution is 0.163. The Morgan fingerprint density at radius 1 is 1.36 bits per heavy atom. The summed E-state index contributed by atoms with van der Waals surface area (Å²) in [5, 5.41) is 12.5. The van der Waals surface area contributed by atoms with E-state index in [9.17, 15) is 13.9 Å². The van der Waals surface area contributed by atoms with Gasteiger partial charge in [0, 0.05) is 36.7 Å². The minimum absolute atomic E-state index is 0.0464. The molecule has 1 aliphatic heterocycles. The van der Waals surface area contributed by atoms with Gasteiger partial charge in [-0.2, -0.15) is 0 Å². The highest BCUT2D eigenvalue weighted by Crippen LogP contribution is 2.27. The van der Waals surface area contributed by atoms with Crippen molar-refractivity contribution in [2.45, 2.75) is 25.8 Å². The highest BCUT2D eigenvalue weighted by molar-refractivity contribution is 7.09. The smallest absolute Gasteiger partial charge is 0.172 e. The molecule has 2 aromatic rings. The Kier molecular flexibility index (Phi) is 4.69. The molecule has 1 atom stereocenters. The topological polar surface area (TPSA) is 36.4 Å². The molecule has 3 rings (SSSR count). The Balaban J connectivity index is 1.67. The van der Waals surface area contributed by atoms with Gasteiger partial charge in [0.05, 0.1) is 5.01 Å². The van der Waals surface area contributed by atoms with E-state index in [1.807, 2.05) is 5.38 Å². The third-order valence-corrected chi connectivity index (χ3v) is 4.90. The molecular formula is C16H18F2N2OS. The van der Waals surface area contributed by atoms with E-state index in [0.717, 1.165) is 49.5 Å². The monoisotopic (exact) mass is 324 g/mol. The zero-order valence-electron chi connectivity index (χ0n) is 12.1. The number of halogens is 2. The van der Waals surface area contributed by atoms with Crippen LogP contribution in [0.4, 0.5) is 8.78 Å². The second-order valence-electron chi connectivity index (χ2n) is 5.73. The lowest BCUT2D eigenvalue weighted by Crippen LogP contribution is -2.36. The van der Waals surface area contributed by atoms with Crippen LogP contribution in [-0.4, -0.2) is 28.1 Å². The zero-order valence-corrected chi connectivity index (χ0v) is 13.0. The van der Waals surface area contributed by atoms with Crippen molar-refractivity contribution >= 4 is 11.3 Å². The number of benzene rings is 1. The Hall–Kier alpha value is -1.53. The SMILES string of the molecule is Oc1ccc(F)c(CN2CCCC(Cc3nccs3)C2)c1F. The third kappa shape index (κ3) is 3.44. The summed E-state index contributed by atoms with van der Waals surface area (Å²) in [6, 6.07) is 2.17. The van der Waals surface area contributed by atoms with E-state index in [0.29, 0.717) is 5.92 Å². The summed E-state index contributed by atoms with van der Waals surface area (Å²) in [6.07, 6.45) is 4.84. The van der Waals surface area contributed by atoms with E-state index in [2.05, 4.69) is 9.88 Å². The van der Waals surface area contributed by atoms with E-state index < -0.39 is 17.4 Å². The van der Waals surface area contributed by atoms with Crippen LogP contribution in [0.3, 0.4) is 0 Å². The predicted octanol–water partition coefficient (Wildman–Crippen LogP) is 3.58. The Morgan fingerprint density at radius 2 is 2.23 bits per heavy atom. The quantitative estimate of drug-likeness (QED) is 0.934. The molecule has 1 N–H and O–H groups in total. The minimum atomic E-state index is -0.845. The van der Waals surface area contributed by atoms with Gasteiger partial charge in [-0.25, -0.2) is 13.8 Å². The van der Waals surface area contributed by atoms with Crippen molar-refractivity contribution in [3.8, 4) is 5.75 Å². The molecule has 0 amide bonds. The molecule has 2 heterocycles.